The average Bonchev–Trinajstić information content (AvgIpc) is 3.77. The molecule has 3 fully saturated rings. The number of nitrogens with zero attached hydrogens (tertiary/aromatic N) is 3. The fourth-order valence-electron chi connectivity index (χ4n) is 7.87. The van der Waals surface area contributed by atoms with Gasteiger partial charge in [0.2, 0.25) is 21.8 Å². The minimum Gasteiger partial charge on any atom is -0.444 e. The van der Waals surface area contributed by atoms with E-state index in [1.807, 2.05) is 27.7 Å². The Hall–Kier alpha value is -3.48. The highest BCUT2D eigenvalue weighted by Gasteiger charge is 2.47. The van der Waals surface area contributed by atoms with Gasteiger partial charge in [0.15, 0.2) is 0 Å². The van der Waals surface area contributed by atoms with Crippen molar-refractivity contribution in [2.24, 2.45) is 11.3 Å². The van der Waals surface area contributed by atoms with E-state index >= 15 is 0 Å². The third-order valence-corrected chi connectivity index (χ3v) is 13.8. The zero-order valence-corrected chi connectivity index (χ0v) is 33.4. The Morgan fingerprint density at radius 1 is 1.04 bits per heavy atom. The monoisotopic (exact) mass is 792 g/mol. The molecule has 15 nitrogen and oxygen atoms in total. The van der Waals surface area contributed by atoms with Crippen LogP contribution in [0.3, 0.4) is 0 Å². The normalized spacial score (nSPS) is 22.1. The van der Waals surface area contributed by atoms with Crippen LogP contribution in [0.1, 0.15) is 103 Å². The maximum Gasteiger partial charge on any atom is 0.475 e. The molecule has 2 heterocycles. The topological polar surface area (TPSA) is 198 Å². The largest absolute Gasteiger partial charge is 0.475 e. The highest BCUT2D eigenvalue weighted by molar-refractivity contribution is 7.90. The number of carbonyl (C=O) groups is 4. The average molecular weight is 793 g/mol. The van der Waals surface area contributed by atoms with Crippen molar-refractivity contribution in [3.05, 3.63) is 35.1 Å². The van der Waals surface area contributed by atoms with E-state index in [9.17, 15) is 42.0 Å². The van der Waals surface area contributed by atoms with Gasteiger partial charge in [-0.05, 0) is 55.1 Å². The van der Waals surface area contributed by atoms with Gasteiger partial charge in [0.25, 0.3) is 0 Å². The molecule has 0 radical (unpaired) electrons. The lowest BCUT2D eigenvalue weighted by Crippen LogP contribution is -2.61. The van der Waals surface area contributed by atoms with Gasteiger partial charge < -0.3 is 35.6 Å². The SMILES string of the molecule is CCC[C@H](NC(=O)[C@@H]1C[C@@H](OC(=O)N2Cc3cccc(F)c3C2)CN1C(=O)[C@@H](NC(=O)N[C@H](CN(C)S(=O)(=O)C1CC1)C(C)(C)C)C1CCCCC1)B(O)O. The van der Waals surface area contributed by atoms with Crippen molar-refractivity contribution in [2.45, 2.75) is 140 Å². The van der Waals surface area contributed by atoms with Gasteiger partial charge in [-0.3, -0.25) is 14.5 Å². The number of urea groups is 1. The maximum absolute atomic E-state index is 14.7. The molecule has 5 amide bonds. The molecule has 55 heavy (non-hydrogen) atoms. The van der Waals surface area contributed by atoms with E-state index in [2.05, 4.69) is 16.0 Å². The van der Waals surface area contributed by atoms with Gasteiger partial charge in [0.1, 0.15) is 24.0 Å². The number of likely N-dealkylation sites (N-methyl/N-ethyl adjacent to an activating group) is 1. The van der Waals surface area contributed by atoms with E-state index in [-0.39, 0.29) is 44.9 Å². The summed E-state index contributed by atoms with van der Waals surface area (Å²) in [6.45, 7) is 7.50. The van der Waals surface area contributed by atoms with Crippen molar-refractivity contribution in [1.82, 2.24) is 30.1 Å². The van der Waals surface area contributed by atoms with E-state index in [1.165, 1.54) is 27.2 Å². The third-order valence-electron chi connectivity index (χ3n) is 11.4. The molecule has 5 rings (SSSR count). The zero-order valence-electron chi connectivity index (χ0n) is 32.6. The molecule has 1 aromatic rings. The summed E-state index contributed by atoms with van der Waals surface area (Å²) >= 11 is 0. The summed E-state index contributed by atoms with van der Waals surface area (Å²) in [6, 6.07) is 1.12. The van der Waals surface area contributed by atoms with Crippen LogP contribution >= 0.6 is 0 Å². The summed E-state index contributed by atoms with van der Waals surface area (Å²) in [5.41, 5.74) is 0.500. The Bertz CT molecular complexity index is 1670. The summed E-state index contributed by atoms with van der Waals surface area (Å²) < 4.78 is 47.5. The maximum atomic E-state index is 14.7. The first-order valence-electron chi connectivity index (χ1n) is 19.6. The lowest BCUT2D eigenvalue weighted by Gasteiger charge is -2.37. The molecular weight excluding hydrogens is 734 g/mol. The molecule has 2 aliphatic heterocycles. The Kier molecular flexibility index (Phi) is 13.8. The van der Waals surface area contributed by atoms with Crippen LogP contribution in [0.5, 0.6) is 0 Å². The second kappa shape index (κ2) is 17.8. The number of ether oxygens (including phenoxy) is 1. The quantitative estimate of drug-likeness (QED) is 0.176. The molecule has 5 N–H and O–H groups in total. The molecule has 4 aliphatic rings. The standard InChI is InChI=1S/C37H58BFN6O9S/c1-6-11-31(38(50)51)41-33(46)29-18-25(54-36(49)44-19-24-14-10-15-28(39)27(24)21-44)20-45(29)34(47)32(23-12-8-7-9-13-23)42-35(48)40-30(37(2,3)4)22-43(5)55(52,53)26-16-17-26/h10,14-15,23,25-26,29-32,50-51H,6-9,11-13,16-22H2,1-5H3,(H,41,46)(H2,40,42,48)/t25-,29+,30-,31+,32+/m1/s1. The predicted molar refractivity (Wildman–Crippen MR) is 203 cm³/mol. The summed E-state index contributed by atoms with van der Waals surface area (Å²) in [4.78, 5) is 58.4. The Morgan fingerprint density at radius 2 is 1.73 bits per heavy atom. The van der Waals surface area contributed by atoms with Crippen LogP contribution in [-0.2, 0) is 37.4 Å². The summed E-state index contributed by atoms with van der Waals surface area (Å²) in [6.07, 6.45) is 4.19. The fraction of sp³-hybridized carbons (Fsp3) is 0.730. The number of hydrogen-bond acceptors (Lipinski definition) is 9. The van der Waals surface area contributed by atoms with Crippen molar-refractivity contribution in [3.8, 4) is 0 Å². The number of hydrogen-bond donors (Lipinski definition) is 5. The van der Waals surface area contributed by atoms with Crippen LogP contribution < -0.4 is 16.0 Å². The predicted octanol–water partition coefficient (Wildman–Crippen LogP) is 2.63. The molecular formula is C37H58BFN6O9S. The lowest BCUT2D eigenvalue weighted by atomic mass is 9.76. The van der Waals surface area contributed by atoms with Crippen LogP contribution in [0, 0.1) is 17.2 Å². The second-order valence-electron chi connectivity index (χ2n) is 16.7. The molecule has 0 aromatic heterocycles. The molecule has 0 unspecified atom stereocenters. The Balaban J connectivity index is 1.36. The van der Waals surface area contributed by atoms with Crippen LogP contribution in [0.2, 0.25) is 0 Å². The summed E-state index contributed by atoms with van der Waals surface area (Å²) in [7, 11) is -3.86. The molecule has 0 spiro atoms. The van der Waals surface area contributed by atoms with Gasteiger partial charge >= 0.3 is 19.2 Å². The first-order valence-corrected chi connectivity index (χ1v) is 21.1. The van der Waals surface area contributed by atoms with E-state index in [0.717, 1.165) is 19.3 Å². The minimum atomic E-state index is -3.51. The smallest absolute Gasteiger partial charge is 0.444 e. The molecule has 0 bridgehead atoms. The van der Waals surface area contributed by atoms with Crippen molar-refractivity contribution >= 4 is 41.1 Å². The van der Waals surface area contributed by atoms with Gasteiger partial charge in [-0.2, -0.15) is 0 Å². The number of amides is 5. The molecule has 1 aromatic carbocycles. The molecule has 18 heteroatoms. The van der Waals surface area contributed by atoms with E-state index in [1.54, 1.807) is 12.1 Å². The number of carbonyl (C=O) groups excluding carboxylic acids is 4. The van der Waals surface area contributed by atoms with E-state index in [4.69, 9.17) is 4.74 Å². The van der Waals surface area contributed by atoms with Crippen molar-refractivity contribution in [3.63, 3.8) is 0 Å². The van der Waals surface area contributed by atoms with Gasteiger partial charge in [-0.1, -0.05) is 65.5 Å². The number of likely N-dealkylation sites (tertiary alicyclic amines) is 1. The van der Waals surface area contributed by atoms with E-state index in [0.29, 0.717) is 43.2 Å². The number of fused-ring (bicyclic) bond motifs is 1. The number of nitrogens with one attached hydrogen (secondary N) is 3. The van der Waals surface area contributed by atoms with Crippen LogP contribution in [0.15, 0.2) is 18.2 Å². The highest BCUT2D eigenvalue weighted by atomic mass is 32.2. The second-order valence-corrected chi connectivity index (χ2v) is 19.1. The van der Waals surface area contributed by atoms with Crippen LogP contribution in [0.25, 0.3) is 0 Å². The lowest BCUT2D eigenvalue weighted by molar-refractivity contribution is -0.141. The number of rotatable bonds is 14. The number of benzene rings is 1. The molecule has 306 valence electrons. The fourth-order valence-corrected chi connectivity index (χ4v) is 9.47. The van der Waals surface area contributed by atoms with Crippen molar-refractivity contribution < 1.29 is 46.8 Å². The van der Waals surface area contributed by atoms with Gasteiger partial charge in [0, 0.05) is 38.2 Å². The van der Waals surface area contributed by atoms with Crippen molar-refractivity contribution in [2.75, 3.05) is 20.1 Å². The molecule has 5 atom stereocenters. The first kappa shape index (κ1) is 42.7. The molecule has 1 saturated heterocycles. The van der Waals surface area contributed by atoms with Crippen LogP contribution in [0.4, 0.5) is 14.0 Å². The minimum absolute atomic E-state index is 0.00779. The van der Waals surface area contributed by atoms with Gasteiger partial charge in [0.05, 0.1) is 24.3 Å². The summed E-state index contributed by atoms with van der Waals surface area (Å²) in [5.74, 6) is -2.91. The Labute approximate surface area is 324 Å². The summed E-state index contributed by atoms with van der Waals surface area (Å²) in [5, 5.41) is 28.0. The molecule has 2 saturated carbocycles. The third kappa shape index (κ3) is 10.5. The van der Waals surface area contributed by atoms with Crippen molar-refractivity contribution in [1.29, 1.82) is 0 Å². The number of sulfonamides is 1. The Morgan fingerprint density at radius 3 is 2.33 bits per heavy atom. The zero-order chi connectivity index (χ0) is 40.2. The number of halogens is 1. The van der Waals surface area contributed by atoms with Crippen LogP contribution in [-0.4, -0.2) is 119 Å². The van der Waals surface area contributed by atoms with Gasteiger partial charge in [-0.25, -0.2) is 26.7 Å². The molecule has 2 aliphatic carbocycles. The first-order chi connectivity index (χ1) is 25.9. The van der Waals surface area contributed by atoms with E-state index < -0.39 is 87.7 Å². The van der Waals surface area contributed by atoms with Gasteiger partial charge in [-0.15, -0.1) is 0 Å². The highest BCUT2D eigenvalue weighted by Crippen LogP contribution is 2.33.